The number of nitrogens with one attached hydrogen (secondary N) is 1. The lowest BCUT2D eigenvalue weighted by molar-refractivity contribution is 0.559. The van der Waals surface area contributed by atoms with Crippen molar-refractivity contribution in [3.63, 3.8) is 0 Å². The Labute approximate surface area is 102 Å². The second-order valence-electron chi connectivity index (χ2n) is 4.82. The van der Waals surface area contributed by atoms with Crippen LogP contribution in [0.3, 0.4) is 0 Å². The summed E-state index contributed by atoms with van der Waals surface area (Å²) in [6, 6.07) is 0.545. The molecule has 0 amide bonds. The molecule has 0 aliphatic heterocycles. The summed E-state index contributed by atoms with van der Waals surface area (Å²) in [4.78, 5) is 4.79. The van der Waals surface area contributed by atoms with Crippen LogP contribution in [0.1, 0.15) is 56.2 Å². The minimum absolute atomic E-state index is 0.545. The van der Waals surface area contributed by atoms with Crippen LogP contribution in [-0.4, -0.2) is 17.6 Å². The van der Waals surface area contributed by atoms with Crippen molar-refractivity contribution in [3.05, 3.63) is 16.1 Å². The van der Waals surface area contributed by atoms with Gasteiger partial charge in [-0.1, -0.05) is 19.8 Å². The highest BCUT2D eigenvalue weighted by Crippen LogP contribution is 2.35. The van der Waals surface area contributed by atoms with E-state index in [1.165, 1.54) is 36.4 Å². The molecule has 1 aromatic heterocycles. The fourth-order valence-corrected chi connectivity index (χ4v) is 3.51. The Morgan fingerprint density at radius 3 is 2.94 bits per heavy atom. The Kier molecular flexibility index (Phi) is 4.36. The fraction of sp³-hybridized carbons (Fsp3) is 0.769. The lowest BCUT2D eigenvalue weighted by atomic mass is 10.1. The first-order chi connectivity index (χ1) is 7.79. The standard InChI is InChI=1S/C13H22N2S/c1-3-14-10(2)8-12-9-16-13(15-12)11-6-4-5-7-11/h9-11,14H,3-8H2,1-2H3. The first kappa shape index (κ1) is 12.1. The minimum Gasteiger partial charge on any atom is -0.314 e. The van der Waals surface area contributed by atoms with Gasteiger partial charge < -0.3 is 5.32 Å². The molecule has 2 nitrogen and oxygen atoms in total. The van der Waals surface area contributed by atoms with Gasteiger partial charge in [-0.05, 0) is 26.3 Å². The molecular weight excluding hydrogens is 216 g/mol. The van der Waals surface area contributed by atoms with Crippen molar-refractivity contribution < 1.29 is 0 Å². The number of thiazole rings is 1. The number of hydrogen-bond donors (Lipinski definition) is 1. The van der Waals surface area contributed by atoms with Crippen LogP contribution < -0.4 is 5.32 Å². The number of likely N-dealkylation sites (N-methyl/N-ethyl adjacent to an activating group) is 1. The Morgan fingerprint density at radius 1 is 1.50 bits per heavy atom. The van der Waals surface area contributed by atoms with Crippen molar-refractivity contribution in [3.8, 4) is 0 Å². The second kappa shape index (κ2) is 5.78. The van der Waals surface area contributed by atoms with Crippen LogP contribution in [0, 0.1) is 0 Å². The van der Waals surface area contributed by atoms with Gasteiger partial charge in [0, 0.05) is 23.8 Å². The highest BCUT2D eigenvalue weighted by atomic mass is 32.1. The van der Waals surface area contributed by atoms with E-state index in [9.17, 15) is 0 Å². The van der Waals surface area contributed by atoms with E-state index in [2.05, 4.69) is 24.5 Å². The Bertz CT molecular complexity index is 315. The van der Waals surface area contributed by atoms with E-state index in [4.69, 9.17) is 4.98 Å². The number of aromatic nitrogens is 1. The summed E-state index contributed by atoms with van der Waals surface area (Å²) < 4.78 is 0. The third kappa shape index (κ3) is 3.05. The maximum atomic E-state index is 4.79. The van der Waals surface area contributed by atoms with Crippen LogP contribution in [0.25, 0.3) is 0 Å². The van der Waals surface area contributed by atoms with Crippen LogP contribution in [0.5, 0.6) is 0 Å². The highest BCUT2D eigenvalue weighted by Gasteiger charge is 2.20. The topological polar surface area (TPSA) is 24.9 Å². The van der Waals surface area contributed by atoms with Crippen molar-refractivity contribution >= 4 is 11.3 Å². The zero-order valence-corrected chi connectivity index (χ0v) is 11.1. The molecule has 0 radical (unpaired) electrons. The van der Waals surface area contributed by atoms with Crippen LogP contribution in [0.4, 0.5) is 0 Å². The molecule has 1 heterocycles. The van der Waals surface area contributed by atoms with E-state index in [-0.39, 0.29) is 0 Å². The highest BCUT2D eigenvalue weighted by molar-refractivity contribution is 7.09. The van der Waals surface area contributed by atoms with Crippen molar-refractivity contribution in [1.29, 1.82) is 0 Å². The zero-order valence-electron chi connectivity index (χ0n) is 10.3. The van der Waals surface area contributed by atoms with Gasteiger partial charge in [0.1, 0.15) is 0 Å². The smallest absolute Gasteiger partial charge is 0.0959 e. The summed E-state index contributed by atoms with van der Waals surface area (Å²) in [7, 11) is 0. The molecular formula is C13H22N2S. The monoisotopic (exact) mass is 238 g/mol. The molecule has 0 bridgehead atoms. The average Bonchev–Trinajstić information content (AvgIpc) is 2.86. The minimum atomic E-state index is 0.545. The van der Waals surface area contributed by atoms with Gasteiger partial charge in [0.25, 0.3) is 0 Å². The molecule has 1 aliphatic rings. The van der Waals surface area contributed by atoms with Gasteiger partial charge in [-0.15, -0.1) is 11.3 Å². The van der Waals surface area contributed by atoms with Gasteiger partial charge in [-0.2, -0.15) is 0 Å². The lowest BCUT2D eigenvalue weighted by Gasteiger charge is -2.09. The van der Waals surface area contributed by atoms with Crippen LogP contribution in [0.15, 0.2) is 5.38 Å². The van der Waals surface area contributed by atoms with Gasteiger partial charge in [0.05, 0.1) is 10.7 Å². The lowest BCUT2D eigenvalue weighted by Crippen LogP contribution is -2.27. The maximum Gasteiger partial charge on any atom is 0.0959 e. The van der Waals surface area contributed by atoms with Crippen LogP contribution in [-0.2, 0) is 6.42 Å². The molecule has 1 N–H and O–H groups in total. The molecule has 0 saturated heterocycles. The maximum absolute atomic E-state index is 4.79. The predicted molar refractivity (Wildman–Crippen MR) is 70.2 cm³/mol. The quantitative estimate of drug-likeness (QED) is 0.851. The summed E-state index contributed by atoms with van der Waals surface area (Å²) in [6.07, 6.45) is 6.57. The summed E-state index contributed by atoms with van der Waals surface area (Å²) in [5.74, 6) is 0.771. The third-order valence-corrected chi connectivity index (χ3v) is 4.40. The van der Waals surface area contributed by atoms with Crippen LogP contribution >= 0.6 is 11.3 Å². The molecule has 16 heavy (non-hydrogen) atoms. The Morgan fingerprint density at radius 2 is 2.25 bits per heavy atom. The fourth-order valence-electron chi connectivity index (χ4n) is 2.51. The number of rotatable bonds is 5. The molecule has 3 heteroatoms. The van der Waals surface area contributed by atoms with Crippen LogP contribution in [0.2, 0.25) is 0 Å². The average molecular weight is 238 g/mol. The predicted octanol–water partition coefficient (Wildman–Crippen LogP) is 3.34. The molecule has 1 fully saturated rings. The Balaban J connectivity index is 1.91. The normalized spacial score (nSPS) is 19.1. The van der Waals surface area contributed by atoms with E-state index in [0.717, 1.165) is 18.9 Å². The molecule has 1 aromatic rings. The zero-order chi connectivity index (χ0) is 11.4. The molecule has 90 valence electrons. The summed E-state index contributed by atoms with van der Waals surface area (Å²) in [5, 5.41) is 7.07. The van der Waals surface area contributed by atoms with Crippen molar-refractivity contribution in [2.75, 3.05) is 6.54 Å². The largest absolute Gasteiger partial charge is 0.314 e. The van der Waals surface area contributed by atoms with E-state index in [1.807, 2.05) is 11.3 Å². The van der Waals surface area contributed by atoms with Gasteiger partial charge in [-0.25, -0.2) is 4.98 Å². The number of nitrogens with zero attached hydrogens (tertiary/aromatic N) is 1. The molecule has 0 aromatic carbocycles. The molecule has 1 atom stereocenters. The van der Waals surface area contributed by atoms with Gasteiger partial charge >= 0.3 is 0 Å². The SMILES string of the molecule is CCNC(C)Cc1csc(C2CCCC2)n1. The van der Waals surface area contributed by atoms with E-state index in [1.54, 1.807) is 0 Å². The van der Waals surface area contributed by atoms with E-state index in [0.29, 0.717) is 6.04 Å². The summed E-state index contributed by atoms with van der Waals surface area (Å²) >= 11 is 1.87. The molecule has 2 rings (SSSR count). The Hall–Kier alpha value is -0.410. The van der Waals surface area contributed by atoms with Gasteiger partial charge in [0.2, 0.25) is 0 Å². The third-order valence-electron chi connectivity index (χ3n) is 3.34. The van der Waals surface area contributed by atoms with E-state index >= 15 is 0 Å². The molecule has 1 aliphatic carbocycles. The van der Waals surface area contributed by atoms with Crippen molar-refractivity contribution in [1.82, 2.24) is 10.3 Å². The first-order valence-electron chi connectivity index (χ1n) is 6.47. The first-order valence-corrected chi connectivity index (χ1v) is 7.35. The van der Waals surface area contributed by atoms with Crippen molar-refractivity contribution in [2.45, 2.75) is 57.9 Å². The molecule has 1 unspecified atom stereocenters. The summed E-state index contributed by atoms with van der Waals surface area (Å²) in [5.41, 5.74) is 1.28. The van der Waals surface area contributed by atoms with Gasteiger partial charge in [0.15, 0.2) is 0 Å². The molecule has 1 saturated carbocycles. The molecule has 0 spiro atoms. The van der Waals surface area contributed by atoms with E-state index < -0.39 is 0 Å². The van der Waals surface area contributed by atoms with Crippen molar-refractivity contribution in [2.24, 2.45) is 0 Å². The summed E-state index contributed by atoms with van der Waals surface area (Å²) in [6.45, 7) is 5.43. The second-order valence-corrected chi connectivity index (χ2v) is 5.71. The van der Waals surface area contributed by atoms with Gasteiger partial charge in [-0.3, -0.25) is 0 Å². The number of hydrogen-bond acceptors (Lipinski definition) is 3.